The predicted molar refractivity (Wildman–Crippen MR) is 79.3 cm³/mol. The van der Waals surface area contributed by atoms with Crippen molar-refractivity contribution < 1.29 is 4.74 Å². The molecule has 0 saturated carbocycles. The lowest BCUT2D eigenvalue weighted by molar-refractivity contribution is 0.204. The Labute approximate surface area is 117 Å². The van der Waals surface area contributed by atoms with E-state index in [4.69, 9.17) is 16.3 Å². The Morgan fingerprint density at radius 2 is 2.32 bits per heavy atom. The van der Waals surface area contributed by atoms with Crippen LogP contribution in [0.3, 0.4) is 0 Å². The number of benzene rings is 1. The monoisotopic (exact) mass is 280 g/mol. The molecule has 0 saturated heterocycles. The van der Waals surface area contributed by atoms with Gasteiger partial charge in [0.05, 0.1) is 17.3 Å². The Hall–Kier alpha value is -1.59. The first kappa shape index (κ1) is 13.8. The molecule has 0 atom stereocenters. The SMILES string of the molecule is COCCNC1=NCN(c2c(C)cccc2Cl)C=N1. The summed E-state index contributed by atoms with van der Waals surface area (Å²) in [6.07, 6.45) is 1.75. The molecule has 1 aromatic rings. The van der Waals surface area contributed by atoms with Crippen molar-refractivity contribution in [1.82, 2.24) is 5.32 Å². The molecule has 102 valence electrons. The first-order valence-electron chi connectivity index (χ1n) is 6.05. The van der Waals surface area contributed by atoms with Gasteiger partial charge < -0.3 is 15.0 Å². The molecule has 0 unspecified atom stereocenters. The van der Waals surface area contributed by atoms with Crippen LogP contribution >= 0.6 is 11.6 Å². The Kier molecular flexibility index (Phi) is 4.76. The minimum Gasteiger partial charge on any atom is -0.383 e. The highest BCUT2D eigenvalue weighted by molar-refractivity contribution is 6.33. The summed E-state index contributed by atoms with van der Waals surface area (Å²) in [5.74, 6) is 0.623. The highest BCUT2D eigenvalue weighted by atomic mass is 35.5. The van der Waals surface area contributed by atoms with Gasteiger partial charge in [-0.15, -0.1) is 0 Å². The summed E-state index contributed by atoms with van der Waals surface area (Å²) in [6, 6.07) is 5.82. The van der Waals surface area contributed by atoms with E-state index in [1.807, 2.05) is 30.0 Å². The summed E-state index contributed by atoms with van der Waals surface area (Å²) >= 11 is 6.22. The average Bonchev–Trinajstić information content (AvgIpc) is 2.40. The second-order valence-corrected chi connectivity index (χ2v) is 4.57. The number of guanidine groups is 1. The van der Waals surface area contributed by atoms with Gasteiger partial charge in [0.15, 0.2) is 0 Å². The molecule has 0 aliphatic carbocycles. The summed E-state index contributed by atoms with van der Waals surface area (Å²) in [5.41, 5.74) is 2.05. The summed E-state index contributed by atoms with van der Waals surface area (Å²) in [7, 11) is 1.66. The molecule has 19 heavy (non-hydrogen) atoms. The fourth-order valence-corrected chi connectivity index (χ4v) is 2.16. The van der Waals surface area contributed by atoms with E-state index < -0.39 is 0 Å². The molecule has 0 bridgehead atoms. The Morgan fingerprint density at radius 3 is 2.95 bits per heavy atom. The molecule has 0 radical (unpaired) electrons. The van der Waals surface area contributed by atoms with E-state index in [1.54, 1.807) is 13.4 Å². The molecule has 0 aromatic heterocycles. The molecule has 0 fully saturated rings. The van der Waals surface area contributed by atoms with Gasteiger partial charge in [-0.3, -0.25) is 0 Å². The quantitative estimate of drug-likeness (QED) is 0.859. The molecule has 2 rings (SSSR count). The number of aryl methyl sites for hydroxylation is 1. The predicted octanol–water partition coefficient (Wildman–Crippen LogP) is 2.05. The number of anilines is 1. The van der Waals surface area contributed by atoms with Gasteiger partial charge in [-0.25, -0.2) is 9.98 Å². The lowest BCUT2D eigenvalue weighted by Gasteiger charge is -2.23. The lowest BCUT2D eigenvalue weighted by atomic mass is 10.2. The van der Waals surface area contributed by atoms with E-state index in [0.717, 1.165) is 11.3 Å². The maximum absolute atomic E-state index is 6.22. The minimum absolute atomic E-state index is 0.503. The third-order valence-corrected chi connectivity index (χ3v) is 3.06. The van der Waals surface area contributed by atoms with Crippen LogP contribution in [0, 0.1) is 6.92 Å². The molecular weight excluding hydrogens is 264 g/mol. The molecular formula is C13H17ClN4O. The number of hydrogen-bond acceptors (Lipinski definition) is 5. The lowest BCUT2D eigenvalue weighted by Crippen LogP contribution is -2.34. The van der Waals surface area contributed by atoms with Crippen LogP contribution in [0.2, 0.25) is 5.02 Å². The minimum atomic E-state index is 0.503. The van der Waals surface area contributed by atoms with Crippen molar-refractivity contribution in [3.05, 3.63) is 28.8 Å². The second kappa shape index (κ2) is 6.54. The fourth-order valence-electron chi connectivity index (χ4n) is 1.83. The van der Waals surface area contributed by atoms with Gasteiger partial charge in [0, 0.05) is 13.7 Å². The van der Waals surface area contributed by atoms with Crippen molar-refractivity contribution in [2.45, 2.75) is 6.92 Å². The Morgan fingerprint density at radius 1 is 1.47 bits per heavy atom. The number of nitrogens with one attached hydrogen (secondary N) is 1. The molecule has 1 aliphatic heterocycles. The van der Waals surface area contributed by atoms with Crippen LogP contribution in [0.25, 0.3) is 0 Å². The van der Waals surface area contributed by atoms with E-state index in [2.05, 4.69) is 15.3 Å². The second-order valence-electron chi connectivity index (χ2n) is 4.16. The molecule has 1 aromatic carbocycles. The normalized spacial score (nSPS) is 14.5. The molecule has 1 aliphatic rings. The maximum Gasteiger partial charge on any atom is 0.221 e. The van der Waals surface area contributed by atoms with Crippen LogP contribution in [-0.2, 0) is 4.74 Å². The zero-order valence-electron chi connectivity index (χ0n) is 11.1. The van der Waals surface area contributed by atoms with E-state index in [-0.39, 0.29) is 0 Å². The summed E-state index contributed by atoms with van der Waals surface area (Å²) in [6.45, 7) is 3.84. The number of hydrogen-bond donors (Lipinski definition) is 1. The number of rotatable bonds is 4. The van der Waals surface area contributed by atoms with Crippen LogP contribution in [0.1, 0.15) is 5.56 Å². The van der Waals surface area contributed by atoms with E-state index in [0.29, 0.717) is 30.8 Å². The van der Waals surface area contributed by atoms with Gasteiger partial charge in [0.2, 0.25) is 5.96 Å². The van der Waals surface area contributed by atoms with Crippen LogP contribution in [0.4, 0.5) is 5.69 Å². The number of aliphatic imine (C=N–C) groups is 2. The van der Waals surface area contributed by atoms with Crippen molar-refractivity contribution in [1.29, 1.82) is 0 Å². The van der Waals surface area contributed by atoms with E-state index in [1.165, 1.54) is 0 Å². The topological polar surface area (TPSA) is 49.2 Å². The highest BCUT2D eigenvalue weighted by Gasteiger charge is 2.14. The third-order valence-electron chi connectivity index (χ3n) is 2.76. The van der Waals surface area contributed by atoms with E-state index >= 15 is 0 Å². The molecule has 1 N–H and O–H groups in total. The first-order chi connectivity index (χ1) is 9.22. The van der Waals surface area contributed by atoms with Crippen LogP contribution in [0.15, 0.2) is 28.2 Å². The van der Waals surface area contributed by atoms with Gasteiger partial charge in [-0.1, -0.05) is 23.7 Å². The Balaban J connectivity index is 2.02. The summed E-state index contributed by atoms with van der Waals surface area (Å²) in [4.78, 5) is 10.6. The standard InChI is InChI=1S/C13H17ClN4O/c1-10-4-3-5-11(14)12(10)18-8-16-13(17-9-18)15-6-7-19-2/h3-5,8H,6-7,9H2,1-2H3,(H,15,17). The van der Waals surface area contributed by atoms with Crippen LogP contribution in [-0.4, -0.2) is 39.2 Å². The average molecular weight is 281 g/mol. The number of para-hydroxylation sites is 1. The molecule has 1 heterocycles. The molecule has 5 nitrogen and oxygen atoms in total. The summed E-state index contributed by atoms with van der Waals surface area (Å²) < 4.78 is 4.96. The number of methoxy groups -OCH3 is 1. The molecule has 0 amide bonds. The van der Waals surface area contributed by atoms with Crippen molar-refractivity contribution in [2.24, 2.45) is 9.98 Å². The molecule has 6 heteroatoms. The number of ether oxygens (including phenoxy) is 1. The zero-order chi connectivity index (χ0) is 13.7. The maximum atomic E-state index is 6.22. The van der Waals surface area contributed by atoms with Crippen molar-refractivity contribution in [3.63, 3.8) is 0 Å². The molecule has 0 spiro atoms. The van der Waals surface area contributed by atoms with Gasteiger partial charge in [0.25, 0.3) is 0 Å². The van der Waals surface area contributed by atoms with E-state index in [9.17, 15) is 0 Å². The van der Waals surface area contributed by atoms with Crippen LogP contribution < -0.4 is 10.2 Å². The third kappa shape index (κ3) is 3.45. The van der Waals surface area contributed by atoms with Crippen molar-refractivity contribution in [2.75, 3.05) is 31.8 Å². The largest absolute Gasteiger partial charge is 0.383 e. The summed E-state index contributed by atoms with van der Waals surface area (Å²) in [5, 5.41) is 3.80. The zero-order valence-corrected chi connectivity index (χ0v) is 11.8. The van der Waals surface area contributed by atoms with Gasteiger partial charge in [0.1, 0.15) is 13.0 Å². The Bertz CT molecular complexity index is 481. The number of halogens is 1. The number of nitrogens with zero attached hydrogens (tertiary/aromatic N) is 3. The smallest absolute Gasteiger partial charge is 0.221 e. The van der Waals surface area contributed by atoms with Gasteiger partial charge in [-0.05, 0) is 18.6 Å². The van der Waals surface area contributed by atoms with Crippen LogP contribution in [0.5, 0.6) is 0 Å². The van der Waals surface area contributed by atoms with Gasteiger partial charge in [-0.2, -0.15) is 0 Å². The van der Waals surface area contributed by atoms with Crippen molar-refractivity contribution in [3.8, 4) is 0 Å². The van der Waals surface area contributed by atoms with Crippen molar-refractivity contribution >= 4 is 29.6 Å². The first-order valence-corrected chi connectivity index (χ1v) is 6.43. The fraction of sp³-hybridized carbons (Fsp3) is 0.385. The highest BCUT2D eigenvalue weighted by Crippen LogP contribution is 2.29. The van der Waals surface area contributed by atoms with Gasteiger partial charge >= 0.3 is 0 Å².